The van der Waals surface area contributed by atoms with Crippen molar-refractivity contribution in [3.05, 3.63) is 0 Å². The van der Waals surface area contributed by atoms with Crippen LogP contribution in [0.4, 0.5) is 0 Å². The van der Waals surface area contributed by atoms with Gasteiger partial charge in [0.25, 0.3) is 0 Å². The summed E-state index contributed by atoms with van der Waals surface area (Å²) in [6.07, 6.45) is 3.65. The molecule has 3 nitrogen and oxygen atoms in total. The summed E-state index contributed by atoms with van der Waals surface area (Å²) in [5.74, 6) is -0.416. The topological polar surface area (TPSA) is 46.5 Å². The van der Waals surface area contributed by atoms with Gasteiger partial charge in [0.05, 0.1) is 11.5 Å². The molecule has 0 bridgehead atoms. The number of hydrogen-bond donors (Lipinski definition) is 1. The van der Waals surface area contributed by atoms with Crippen LogP contribution in [0.3, 0.4) is 0 Å². The predicted molar refractivity (Wildman–Crippen MR) is 61.2 cm³/mol. The standard InChI is InChI=1S/C13H22O3/c1-9-6-12(2,3)8-13(7-9)10(11(14)15)4-5-16-13/h9-10H,4-8H2,1-3H3,(H,14,15). The Bertz CT molecular complexity index is 298. The normalized spacial score (nSPS) is 42.4. The minimum absolute atomic E-state index is 0.204. The second-order valence-electron chi connectivity index (χ2n) is 6.45. The van der Waals surface area contributed by atoms with E-state index in [1.165, 1.54) is 6.42 Å². The Kier molecular flexibility index (Phi) is 2.77. The quantitative estimate of drug-likeness (QED) is 0.747. The summed E-state index contributed by atoms with van der Waals surface area (Å²) in [4.78, 5) is 11.3. The molecule has 2 fully saturated rings. The average molecular weight is 226 g/mol. The number of carboxylic acids is 1. The van der Waals surface area contributed by atoms with Crippen molar-refractivity contribution in [2.24, 2.45) is 17.3 Å². The van der Waals surface area contributed by atoms with Gasteiger partial charge in [0.1, 0.15) is 0 Å². The van der Waals surface area contributed by atoms with Crippen LogP contribution in [0.5, 0.6) is 0 Å². The summed E-state index contributed by atoms with van der Waals surface area (Å²) in [6.45, 7) is 7.28. The molecule has 2 aliphatic rings. The molecule has 1 N–H and O–H groups in total. The minimum Gasteiger partial charge on any atom is -0.481 e. The maximum absolute atomic E-state index is 11.3. The van der Waals surface area contributed by atoms with Crippen LogP contribution in [0.1, 0.15) is 46.5 Å². The predicted octanol–water partition coefficient (Wildman–Crippen LogP) is 2.69. The van der Waals surface area contributed by atoms with Crippen molar-refractivity contribution in [1.29, 1.82) is 0 Å². The Morgan fingerprint density at radius 3 is 2.62 bits per heavy atom. The molecule has 0 aromatic rings. The zero-order chi connectivity index (χ0) is 12.0. The van der Waals surface area contributed by atoms with E-state index < -0.39 is 5.97 Å². The van der Waals surface area contributed by atoms with Gasteiger partial charge in [0.15, 0.2) is 0 Å². The van der Waals surface area contributed by atoms with E-state index in [1.807, 2.05) is 0 Å². The number of aliphatic carboxylic acids is 1. The van der Waals surface area contributed by atoms with E-state index in [-0.39, 0.29) is 16.9 Å². The summed E-state index contributed by atoms with van der Waals surface area (Å²) in [5, 5.41) is 9.31. The SMILES string of the molecule is CC1CC(C)(C)CC2(C1)OCCC2C(=O)O. The fraction of sp³-hybridized carbons (Fsp3) is 0.923. The molecule has 1 aliphatic heterocycles. The van der Waals surface area contributed by atoms with Gasteiger partial charge in [-0.3, -0.25) is 4.79 Å². The van der Waals surface area contributed by atoms with E-state index >= 15 is 0 Å². The van der Waals surface area contributed by atoms with Crippen molar-refractivity contribution in [3.8, 4) is 0 Å². The molecule has 3 atom stereocenters. The van der Waals surface area contributed by atoms with Crippen molar-refractivity contribution < 1.29 is 14.6 Å². The van der Waals surface area contributed by atoms with Crippen LogP contribution in [-0.4, -0.2) is 23.3 Å². The van der Waals surface area contributed by atoms with Crippen molar-refractivity contribution in [1.82, 2.24) is 0 Å². The first-order valence-electron chi connectivity index (χ1n) is 6.21. The molecule has 0 aromatic carbocycles. The van der Waals surface area contributed by atoms with Gasteiger partial charge in [-0.2, -0.15) is 0 Å². The highest BCUT2D eigenvalue weighted by atomic mass is 16.5. The smallest absolute Gasteiger partial charge is 0.309 e. The van der Waals surface area contributed by atoms with Crippen molar-refractivity contribution in [3.63, 3.8) is 0 Å². The molecule has 92 valence electrons. The molecule has 3 unspecified atom stereocenters. The lowest BCUT2D eigenvalue weighted by Crippen LogP contribution is -2.48. The molecule has 16 heavy (non-hydrogen) atoms. The van der Waals surface area contributed by atoms with Gasteiger partial charge >= 0.3 is 5.97 Å². The third-order valence-electron chi connectivity index (χ3n) is 4.10. The Hall–Kier alpha value is -0.570. The van der Waals surface area contributed by atoms with E-state index in [1.54, 1.807) is 0 Å². The van der Waals surface area contributed by atoms with Gasteiger partial charge < -0.3 is 9.84 Å². The first-order chi connectivity index (χ1) is 7.35. The third kappa shape index (κ3) is 1.97. The average Bonchev–Trinajstić information content (AvgIpc) is 2.43. The Morgan fingerprint density at radius 2 is 2.06 bits per heavy atom. The summed E-state index contributed by atoms with van der Waals surface area (Å²) in [6, 6.07) is 0. The molecular weight excluding hydrogens is 204 g/mol. The fourth-order valence-electron chi connectivity index (χ4n) is 4.03. The highest BCUT2D eigenvalue weighted by Gasteiger charge is 2.53. The van der Waals surface area contributed by atoms with Crippen molar-refractivity contribution in [2.75, 3.05) is 6.61 Å². The largest absolute Gasteiger partial charge is 0.481 e. The highest BCUT2D eigenvalue weighted by molar-refractivity contribution is 5.72. The van der Waals surface area contributed by atoms with Crippen molar-refractivity contribution >= 4 is 5.97 Å². The molecule has 1 aliphatic carbocycles. The Labute approximate surface area is 97.2 Å². The van der Waals surface area contributed by atoms with E-state index in [4.69, 9.17) is 4.74 Å². The van der Waals surface area contributed by atoms with E-state index in [2.05, 4.69) is 20.8 Å². The lowest BCUT2D eigenvalue weighted by atomic mass is 9.62. The number of hydrogen-bond acceptors (Lipinski definition) is 2. The zero-order valence-corrected chi connectivity index (χ0v) is 10.5. The van der Waals surface area contributed by atoms with Gasteiger partial charge in [-0.1, -0.05) is 20.8 Å². The zero-order valence-electron chi connectivity index (χ0n) is 10.5. The molecule has 1 saturated heterocycles. The molecule has 1 saturated carbocycles. The van der Waals surface area contributed by atoms with E-state index in [9.17, 15) is 9.90 Å². The Morgan fingerprint density at radius 1 is 1.38 bits per heavy atom. The maximum atomic E-state index is 11.3. The number of ether oxygens (including phenoxy) is 1. The summed E-state index contributed by atoms with van der Waals surface area (Å²) < 4.78 is 5.88. The Balaban J connectivity index is 2.26. The number of carbonyl (C=O) groups is 1. The lowest BCUT2D eigenvalue weighted by Gasteiger charge is -2.46. The van der Waals surface area contributed by atoms with Crippen LogP contribution in [0.25, 0.3) is 0 Å². The summed E-state index contributed by atoms with van der Waals surface area (Å²) in [7, 11) is 0. The van der Waals surface area contributed by atoms with Crippen LogP contribution in [0.15, 0.2) is 0 Å². The van der Waals surface area contributed by atoms with Crippen LogP contribution in [0.2, 0.25) is 0 Å². The molecule has 0 amide bonds. The molecule has 0 radical (unpaired) electrons. The second-order valence-corrected chi connectivity index (χ2v) is 6.45. The van der Waals surface area contributed by atoms with Gasteiger partial charge in [0.2, 0.25) is 0 Å². The van der Waals surface area contributed by atoms with Gasteiger partial charge in [-0.25, -0.2) is 0 Å². The molecule has 2 rings (SSSR count). The highest BCUT2D eigenvalue weighted by Crippen LogP contribution is 2.52. The van der Waals surface area contributed by atoms with Crippen LogP contribution < -0.4 is 0 Å². The van der Waals surface area contributed by atoms with E-state index in [0.717, 1.165) is 12.8 Å². The number of rotatable bonds is 1. The van der Waals surface area contributed by atoms with Crippen LogP contribution in [-0.2, 0) is 9.53 Å². The molecular formula is C13H22O3. The van der Waals surface area contributed by atoms with Gasteiger partial charge in [-0.15, -0.1) is 0 Å². The minimum atomic E-state index is -0.678. The summed E-state index contributed by atoms with van der Waals surface area (Å²) in [5.41, 5.74) is -0.178. The van der Waals surface area contributed by atoms with Crippen molar-refractivity contribution in [2.45, 2.75) is 52.1 Å². The molecule has 0 aromatic heterocycles. The first kappa shape index (κ1) is 11.9. The molecule has 3 heteroatoms. The molecule has 1 heterocycles. The molecule has 1 spiro atoms. The van der Waals surface area contributed by atoms with Gasteiger partial charge in [0, 0.05) is 6.61 Å². The fourth-order valence-corrected chi connectivity index (χ4v) is 4.03. The van der Waals surface area contributed by atoms with Gasteiger partial charge in [-0.05, 0) is 37.0 Å². The lowest BCUT2D eigenvalue weighted by molar-refractivity contribution is -0.155. The van der Waals surface area contributed by atoms with Crippen LogP contribution >= 0.6 is 0 Å². The summed E-state index contributed by atoms with van der Waals surface area (Å²) >= 11 is 0. The van der Waals surface area contributed by atoms with E-state index in [0.29, 0.717) is 18.9 Å². The monoisotopic (exact) mass is 226 g/mol. The second kappa shape index (κ2) is 3.73. The number of carboxylic acid groups (broad SMARTS) is 1. The van der Waals surface area contributed by atoms with Crippen LogP contribution in [0, 0.1) is 17.3 Å². The third-order valence-corrected chi connectivity index (χ3v) is 4.10. The maximum Gasteiger partial charge on any atom is 0.309 e. The first-order valence-corrected chi connectivity index (χ1v) is 6.21.